The van der Waals surface area contributed by atoms with Crippen LogP contribution in [0.25, 0.3) is 22.8 Å². The lowest BCUT2D eigenvalue weighted by atomic mass is 10.0. The molecule has 148 valence electrons. The van der Waals surface area contributed by atoms with Gasteiger partial charge in [0.15, 0.2) is 11.5 Å². The largest absolute Gasteiger partial charge is 0.383 e. The molecule has 2 aliphatic rings. The highest BCUT2D eigenvalue weighted by atomic mass is 19.1. The molecule has 6 nitrogen and oxygen atoms in total. The van der Waals surface area contributed by atoms with Crippen LogP contribution in [0.4, 0.5) is 10.2 Å². The quantitative estimate of drug-likeness (QED) is 0.505. The van der Waals surface area contributed by atoms with Gasteiger partial charge in [0.2, 0.25) is 0 Å². The molecule has 4 aromatic rings. The van der Waals surface area contributed by atoms with E-state index in [4.69, 9.17) is 5.73 Å². The molecule has 0 atom stereocenters. The van der Waals surface area contributed by atoms with Crippen molar-refractivity contribution in [2.24, 2.45) is 0 Å². The summed E-state index contributed by atoms with van der Waals surface area (Å²) in [6.45, 7) is 0. The summed E-state index contributed by atoms with van der Waals surface area (Å²) >= 11 is 0. The van der Waals surface area contributed by atoms with Gasteiger partial charge < -0.3 is 10.7 Å². The number of carbonyl (C=O) groups excluding carboxylic acids is 1. The second-order valence-electron chi connectivity index (χ2n) is 7.98. The standard InChI is InChI=1S/C23H18FN5O/c24-23(7-8-23)22-27-18-6-5-16(11-19(18)28-22)29-21(25)17(12-26-29)20(30)15-9-13-3-1-2-4-14(13)10-15/h1-6,9,11-12H,7-8,10,25H2,(H,27,28). The molecule has 0 bridgehead atoms. The zero-order valence-electron chi connectivity index (χ0n) is 16.0. The Morgan fingerprint density at radius 1 is 1.20 bits per heavy atom. The number of nitrogen functional groups attached to an aromatic ring is 1. The van der Waals surface area contributed by atoms with E-state index in [1.165, 1.54) is 10.9 Å². The zero-order valence-corrected chi connectivity index (χ0v) is 16.0. The number of allylic oxidation sites excluding steroid dienone is 1. The summed E-state index contributed by atoms with van der Waals surface area (Å²) in [5, 5.41) is 4.34. The number of rotatable bonds is 4. The molecule has 0 saturated heterocycles. The number of halogens is 1. The SMILES string of the molecule is Nc1c(C(=O)C2=Cc3ccccc3C2)cnn1-c1ccc2nc(C3(F)CC3)[nH]c2c1. The van der Waals surface area contributed by atoms with Gasteiger partial charge in [0.1, 0.15) is 11.6 Å². The topological polar surface area (TPSA) is 89.6 Å². The normalized spacial score (nSPS) is 16.5. The summed E-state index contributed by atoms with van der Waals surface area (Å²) in [6, 6.07) is 13.4. The van der Waals surface area contributed by atoms with Crippen LogP contribution in [-0.2, 0) is 12.1 Å². The average molecular weight is 399 g/mol. The summed E-state index contributed by atoms with van der Waals surface area (Å²) < 4.78 is 15.8. The third-order valence-corrected chi connectivity index (χ3v) is 5.93. The first-order valence-corrected chi connectivity index (χ1v) is 9.88. The molecule has 0 amide bonds. The van der Waals surface area contributed by atoms with E-state index in [1.54, 1.807) is 6.07 Å². The molecule has 2 aromatic carbocycles. The van der Waals surface area contributed by atoms with Gasteiger partial charge in [-0.1, -0.05) is 24.3 Å². The summed E-state index contributed by atoms with van der Waals surface area (Å²) in [6.07, 6.45) is 5.00. The highest BCUT2D eigenvalue weighted by Gasteiger charge is 2.47. The molecule has 1 fully saturated rings. The average Bonchev–Trinajstić information content (AvgIpc) is 3.14. The monoisotopic (exact) mass is 399 g/mol. The Balaban J connectivity index is 1.34. The Kier molecular flexibility index (Phi) is 3.36. The first-order valence-electron chi connectivity index (χ1n) is 9.88. The molecule has 0 unspecified atom stereocenters. The number of imidazole rings is 1. The molecule has 2 heterocycles. The molecule has 0 radical (unpaired) electrons. The van der Waals surface area contributed by atoms with Gasteiger partial charge in [-0.25, -0.2) is 14.1 Å². The van der Waals surface area contributed by atoms with Crippen molar-refractivity contribution in [3.05, 3.63) is 76.7 Å². The van der Waals surface area contributed by atoms with E-state index in [9.17, 15) is 9.18 Å². The van der Waals surface area contributed by atoms with Gasteiger partial charge in [-0.3, -0.25) is 4.79 Å². The molecule has 0 aliphatic heterocycles. The fourth-order valence-corrected chi connectivity index (χ4v) is 4.03. The lowest BCUT2D eigenvalue weighted by Crippen LogP contribution is -2.08. The molecule has 2 aliphatic carbocycles. The number of hydrogen-bond acceptors (Lipinski definition) is 4. The Morgan fingerprint density at radius 3 is 2.83 bits per heavy atom. The number of aromatic amines is 1. The summed E-state index contributed by atoms with van der Waals surface area (Å²) in [5.41, 5.74) is 10.3. The molecule has 3 N–H and O–H groups in total. The van der Waals surface area contributed by atoms with Crippen LogP contribution < -0.4 is 5.73 Å². The van der Waals surface area contributed by atoms with E-state index in [0.29, 0.717) is 52.9 Å². The third kappa shape index (κ3) is 2.51. The van der Waals surface area contributed by atoms with Crippen LogP contribution in [0.3, 0.4) is 0 Å². The maximum Gasteiger partial charge on any atom is 0.194 e. The number of anilines is 1. The van der Waals surface area contributed by atoms with E-state index in [2.05, 4.69) is 15.1 Å². The van der Waals surface area contributed by atoms with Gasteiger partial charge in [-0.05, 0) is 48.2 Å². The van der Waals surface area contributed by atoms with Gasteiger partial charge in [0.25, 0.3) is 0 Å². The number of fused-ring (bicyclic) bond motifs is 2. The molecule has 6 rings (SSSR count). The Hall–Kier alpha value is -3.74. The van der Waals surface area contributed by atoms with E-state index in [0.717, 1.165) is 11.1 Å². The number of hydrogen-bond donors (Lipinski definition) is 2. The van der Waals surface area contributed by atoms with Crippen molar-refractivity contribution in [3.63, 3.8) is 0 Å². The Morgan fingerprint density at radius 2 is 2.03 bits per heavy atom. The number of nitrogens with zero attached hydrogens (tertiary/aromatic N) is 3. The van der Waals surface area contributed by atoms with Crippen LogP contribution in [0.5, 0.6) is 0 Å². The fourth-order valence-electron chi connectivity index (χ4n) is 4.03. The van der Waals surface area contributed by atoms with Crippen molar-refractivity contribution >= 4 is 28.7 Å². The predicted molar refractivity (Wildman–Crippen MR) is 112 cm³/mol. The van der Waals surface area contributed by atoms with Crippen molar-refractivity contribution in [3.8, 4) is 5.69 Å². The minimum absolute atomic E-state index is 0.118. The number of alkyl halides is 1. The van der Waals surface area contributed by atoms with E-state index < -0.39 is 5.67 Å². The van der Waals surface area contributed by atoms with Crippen molar-refractivity contribution in [1.82, 2.24) is 19.7 Å². The Labute approximate surface area is 171 Å². The number of Topliss-reactive ketones (excluding diaryl/α,β-unsaturated/α-hetero) is 1. The number of H-pyrrole nitrogens is 1. The molecular weight excluding hydrogens is 381 g/mol. The minimum Gasteiger partial charge on any atom is -0.383 e. The van der Waals surface area contributed by atoms with Crippen molar-refractivity contribution in [1.29, 1.82) is 0 Å². The molecule has 0 spiro atoms. The fraction of sp³-hybridized carbons (Fsp3) is 0.174. The lowest BCUT2D eigenvalue weighted by Gasteiger charge is -2.05. The highest BCUT2D eigenvalue weighted by molar-refractivity contribution is 6.15. The third-order valence-electron chi connectivity index (χ3n) is 5.93. The van der Waals surface area contributed by atoms with Crippen LogP contribution in [-0.4, -0.2) is 25.5 Å². The van der Waals surface area contributed by atoms with E-state index in [-0.39, 0.29) is 11.6 Å². The maximum absolute atomic E-state index is 14.3. The van der Waals surface area contributed by atoms with Crippen LogP contribution in [0, 0.1) is 0 Å². The van der Waals surface area contributed by atoms with Crippen LogP contribution in [0.2, 0.25) is 0 Å². The van der Waals surface area contributed by atoms with Gasteiger partial charge in [0, 0.05) is 12.0 Å². The van der Waals surface area contributed by atoms with E-state index >= 15 is 0 Å². The highest BCUT2D eigenvalue weighted by Crippen LogP contribution is 2.48. The summed E-state index contributed by atoms with van der Waals surface area (Å²) in [7, 11) is 0. The molecular formula is C23H18FN5O. The van der Waals surface area contributed by atoms with Crippen molar-refractivity contribution in [2.75, 3.05) is 5.73 Å². The van der Waals surface area contributed by atoms with Gasteiger partial charge in [-0.15, -0.1) is 0 Å². The van der Waals surface area contributed by atoms with Gasteiger partial charge in [0.05, 0.1) is 28.5 Å². The van der Waals surface area contributed by atoms with E-state index in [1.807, 2.05) is 42.5 Å². The summed E-state index contributed by atoms with van der Waals surface area (Å²) in [4.78, 5) is 20.5. The van der Waals surface area contributed by atoms with Gasteiger partial charge >= 0.3 is 0 Å². The molecule has 2 aromatic heterocycles. The summed E-state index contributed by atoms with van der Waals surface area (Å²) in [5.74, 6) is 0.528. The van der Waals surface area contributed by atoms with Crippen LogP contribution >= 0.6 is 0 Å². The first-order chi connectivity index (χ1) is 14.5. The number of nitrogens with two attached hydrogens (primary N) is 1. The van der Waals surface area contributed by atoms with Crippen molar-refractivity contribution < 1.29 is 9.18 Å². The molecule has 1 saturated carbocycles. The number of ketones is 1. The smallest absolute Gasteiger partial charge is 0.194 e. The van der Waals surface area contributed by atoms with Crippen LogP contribution in [0.15, 0.2) is 54.2 Å². The number of aromatic nitrogens is 4. The maximum atomic E-state index is 14.3. The second-order valence-corrected chi connectivity index (χ2v) is 7.98. The number of carbonyl (C=O) groups is 1. The first kappa shape index (κ1) is 17.1. The number of nitrogens with one attached hydrogen (secondary N) is 1. The number of benzene rings is 2. The second kappa shape index (κ2) is 5.89. The minimum atomic E-state index is -1.32. The zero-order chi connectivity index (χ0) is 20.5. The van der Waals surface area contributed by atoms with Crippen LogP contribution in [0.1, 0.15) is 40.2 Å². The lowest BCUT2D eigenvalue weighted by molar-refractivity contribution is 0.103. The predicted octanol–water partition coefficient (Wildman–Crippen LogP) is 4.11. The molecule has 7 heteroatoms. The molecule has 30 heavy (non-hydrogen) atoms. The Bertz CT molecular complexity index is 1380. The van der Waals surface area contributed by atoms with Crippen molar-refractivity contribution in [2.45, 2.75) is 24.9 Å². The van der Waals surface area contributed by atoms with Gasteiger partial charge in [-0.2, -0.15) is 5.10 Å².